The van der Waals surface area contributed by atoms with Crippen LogP contribution in [0, 0.1) is 0 Å². The standard InChI is InChI=1S/C10H11NO2S/c1-7(12)11-6-9(13)8-4-2-3-5-10(8)14/h2-5,14H,6H2,1H3,(H,11,12). The van der Waals surface area contributed by atoms with Gasteiger partial charge in [0, 0.05) is 17.4 Å². The van der Waals surface area contributed by atoms with Gasteiger partial charge in [-0.05, 0) is 6.07 Å². The Hall–Kier alpha value is -1.29. The average Bonchev–Trinajstić information content (AvgIpc) is 2.15. The van der Waals surface area contributed by atoms with Crippen LogP contribution in [0.1, 0.15) is 17.3 Å². The lowest BCUT2D eigenvalue weighted by molar-refractivity contribution is -0.118. The molecule has 1 aromatic rings. The van der Waals surface area contributed by atoms with E-state index in [1.54, 1.807) is 24.3 Å². The van der Waals surface area contributed by atoms with Gasteiger partial charge in [0.1, 0.15) is 0 Å². The van der Waals surface area contributed by atoms with E-state index >= 15 is 0 Å². The summed E-state index contributed by atoms with van der Waals surface area (Å²) >= 11 is 4.15. The second kappa shape index (κ2) is 4.81. The summed E-state index contributed by atoms with van der Waals surface area (Å²) in [5.74, 6) is -0.346. The van der Waals surface area contributed by atoms with Crippen LogP contribution in [0.25, 0.3) is 0 Å². The predicted octanol–water partition coefficient (Wildman–Crippen LogP) is 1.29. The van der Waals surface area contributed by atoms with E-state index in [1.807, 2.05) is 0 Å². The van der Waals surface area contributed by atoms with Crippen molar-refractivity contribution in [3.63, 3.8) is 0 Å². The lowest BCUT2D eigenvalue weighted by atomic mass is 10.1. The van der Waals surface area contributed by atoms with E-state index in [4.69, 9.17) is 0 Å². The van der Waals surface area contributed by atoms with Crippen LogP contribution in [0.4, 0.5) is 0 Å². The van der Waals surface area contributed by atoms with Gasteiger partial charge in [-0.3, -0.25) is 9.59 Å². The molecule has 1 rings (SSSR count). The zero-order valence-electron chi connectivity index (χ0n) is 7.78. The van der Waals surface area contributed by atoms with E-state index in [0.29, 0.717) is 10.5 Å². The molecule has 0 spiro atoms. The summed E-state index contributed by atoms with van der Waals surface area (Å²) in [6.45, 7) is 1.40. The van der Waals surface area contributed by atoms with Crippen molar-refractivity contribution in [2.75, 3.05) is 6.54 Å². The Morgan fingerprint density at radius 1 is 1.36 bits per heavy atom. The number of benzene rings is 1. The second-order valence-electron chi connectivity index (χ2n) is 2.85. The Morgan fingerprint density at radius 2 is 2.00 bits per heavy atom. The first kappa shape index (κ1) is 10.8. The Morgan fingerprint density at radius 3 is 2.57 bits per heavy atom. The van der Waals surface area contributed by atoms with Crippen molar-refractivity contribution in [2.45, 2.75) is 11.8 Å². The van der Waals surface area contributed by atoms with Crippen LogP contribution in [-0.4, -0.2) is 18.2 Å². The van der Waals surface area contributed by atoms with Gasteiger partial charge in [-0.15, -0.1) is 12.6 Å². The highest BCUT2D eigenvalue weighted by molar-refractivity contribution is 7.80. The highest BCUT2D eigenvalue weighted by Crippen LogP contribution is 2.12. The molecule has 74 valence electrons. The van der Waals surface area contributed by atoms with Crippen molar-refractivity contribution in [1.29, 1.82) is 0 Å². The van der Waals surface area contributed by atoms with Crippen LogP contribution >= 0.6 is 12.6 Å². The summed E-state index contributed by atoms with van der Waals surface area (Å²) < 4.78 is 0. The third-order valence-electron chi connectivity index (χ3n) is 1.70. The maximum atomic E-state index is 11.5. The fourth-order valence-corrected chi connectivity index (χ4v) is 1.29. The van der Waals surface area contributed by atoms with Gasteiger partial charge in [0.2, 0.25) is 5.91 Å². The fourth-order valence-electron chi connectivity index (χ4n) is 1.01. The van der Waals surface area contributed by atoms with E-state index in [1.165, 1.54) is 6.92 Å². The van der Waals surface area contributed by atoms with Gasteiger partial charge in [-0.2, -0.15) is 0 Å². The first-order chi connectivity index (χ1) is 6.61. The lowest BCUT2D eigenvalue weighted by Gasteiger charge is -2.03. The van der Waals surface area contributed by atoms with Gasteiger partial charge in [-0.25, -0.2) is 0 Å². The molecule has 0 saturated heterocycles. The molecule has 0 aliphatic rings. The number of hydrogen-bond acceptors (Lipinski definition) is 3. The van der Waals surface area contributed by atoms with Crippen LogP contribution in [0.15, 0.2) is 29.2 Å². The number of hydrogen-bond donors (Lipinski definition) is 2. The van der Waals surface area contributed by atoms with Crippen LogP contribution in [0.2, 0.25) is 0 Å². The van der Waals surface area contributed by atoms with Gasteiger partial charge in [0.15, 0.2) is 5.78 Å². The molecule has 0 atom stereocenters. The molecule has 4 heteroatoms. The zero-order valence-corrected chi connectivity index (χ0v) is 8.67. The van der Waals surface area contributed by atoms with Crippen LogP contribution in [0.5, 0.6) is 0 Å². The van der Waals surface area contributed by atoms with Gasteiger partial charge in [-0.1, -0.05) is 18.2 Å². The molecule has 0 unspecified atom stereocenters. The largest absolute Gasteiger partial charge is 0.349 e. The van der Waals surface area contributed by atoms with Crippen molar-refractivity contribution in [2.24, 2.45) is 0 Å². The summed E-state index contributed by atoms with van der Waals surface area (Å²) in [7, 11) is 0. The average molecular weight is 209 g/mol. The normalized spacial score (nSPS) is 9.57. The minimum atomic E-state index is -0.213. The number of nitrogens with one attached hydrogen (secondary N) is 1. The summed E-state index contributed by atoms with van der Waals surface area (Å²) in [5.41, 5.74) is 0.532. The monoisotopic (exact) mass is 209 g/mol. The Balaban J connectivity index is 2.70. The first-order valence-electron chi connectivity index (χ1n) is 4.17. The van der Waals surface area contributed by atoms with Gasteiger partial charge in [0.25, 0.3) is 0 Å². The second-order valence-corrected chi connectivity index (χ2v) is 3.33. The highest BCUT2D eigenvalue weighted by Gasteiger charge is 2.08. The fraction of sp³-hybridized carbons (Fsp3) is 0.200. The van der Waals surface area contributed by atoms with E-state index in [-0.39, 0.29) is 18.2 Å². The van der Waals surface area contributed by atoms with Crippen molar-refractivity contribution >= 4 is 24.3 Å². The number of amides is 1. The number of rotatable bonds is 3. The highest BCUT2D eigenvalue weighted by atomic mass is 32.1. The van der Waals surface area contributed by atoms with Crippen LogP contribution in [0.3, 0.4) is 0 Å². The van der Waals surface area contributed by atoms with Crippen molar-refractivity contribution in [3.05, 3.63) is 29.8 Å². The van der Waals surface area contributed by atoms with E-state index < -0.39 is 0 Å². The number of Topliss-reactive ketones (excluding diaryl/α,β-unsaturated/α-hetero) is 1. The van der Waals surface area contributed by atoms with Crippen molar-refractivity contribution in [3.8, 4) is 0 Å². The zero-order chi connectivity index (χ0) is 10.6. The molecule has 1 N–H and O–H groups in total. The van der Waals surface area contributed by atoms with Crippen LogP contribution in [-0.2, 0) is 4.79 Å². The molecule has 14 heavy (non-hydrogen) atoms. The molecule has 0 radical (unpaired) electrons. The third-order valence-corrected chi connectivity index (χ3v) is 2.09. The Kier molecular flexibility index (Phi) is 3.71. The minimum Gasteiger partial charge on any atom is -0.349 e. The number of carbonyl (C=O) groups is 2. The van der Waals surface area contributed by atoms with Gasteiger partial charge in [0.05, 0.1) is 6.54 Å². The van der Waals surface area contributed by atoms with E-state index in [9.17, 15) is 9.59 Å². The number of ketones is 1. The van der Waals surface area contributed by atoms with Gasteiger partial charge < -0.3 is 5.32 Å². The van der Waals surface area contributed by atoms with E-state index in [0.717, 1.165) is 0 Å². The first-order valence-corrected chi connectivity index (χ1v) is 4.61. The molecule has 0 bridgehead atoms. The van der Waals surface area contributed by atoms with Crippen LogP contribution < -0.4 is 5.32 Å². The predicted molar refractivity (Wildman–Crippen MR) is 56.7 cm³/mol. The molecule has 3 nitrogen and oxygen atoms in total. The smallest absolute Gasteiger partial charge is 0.217 e. The van der Waals surface area contributed by atoms with Crippen molar-refractivity contribution < 1.29 is 9.59 Å². The maximum absolute atomic E-state index is 11.5. The molecule has 0 aromatic heterocycles. The molecule has 0 heterocycles. The minimum absolute atomic E-state index is 0.0207. The molecule has 0 saturated carbocycles. The quantitative estimate of drug-likeness (QED) is 0.582. The number of thiol groups is 1. The van der Waals surface area contributed by atoms with E-state index in [2.05, 4.69) is 17.9 Å². The topological polar surface area (TPSA) is 46.2 Å². The SMILES string of the molecule is CC(=O)NCC(=O)c1ccccc1S. The molecular formula is C10H11NO2S. The molecule has 0 fully saturated rings. The lowest BCUT2D eigenvalue weighted by Crippen LogP contribution is -2.27. The molecule has 1 amide bonds. The van der Waals surface area contributed by atoms with Gasteiger partial charge >= 0.3 is 0 Å². The van der Waals surface area contributed by atoms with Crippen molar-refractivity contribution in [1.82, 2.24) is 5.32 Å². The summed E-state index contributed by atoms with van der Waals surface area (Å²) in [5, 5.41) is 2.45. The maximum Gasteiger partial charge on any atom is 0.217 e. The summed E-state index contributed by atoms with van der Waals surface area (Å²) in [6, 6.07) is 6.99. The number of carbonyl (C=O) groups excluding carboxylic acids is 2. The molecular weight excluding hydrogens is 198 g/mol. The Bertz CT molecular complexity index is 363. The summed E-state index contributed by atoms with van der Waals surface area (Å²) in [6.07, 6.45) is 0. The third kappa shape index (κ3) is 2.88. The molecule has 0 aliphatic carbocycles. The summed E-state index contributed by atoms with van der Waals surface area (Å²) in [4.78, 5) is 22.7. The Labute approximate surface area is 87.9 Å². The molecule has 1 aromatic carbocycles. The molecule has 0 aliphatic heterocycles.